The SMILES string of the molecule is CSCC[C@@H](NC(=O)c1ccc(CN(c2ccccc2)S(=O)(=O)c2ccc(F)cc2)cc1-c1ccccc1C)C(=O)O. The lowest BCUT2D eigenvalue weighted by molar-refractivity contribution is -0.139. The highest BCUT2D eigenvalue weighted by Gasteiger charge is 2.27. The van der Waals surface area contributed by atoms with Crippen molar-refractivity contribution in [3.63, 3.8) is 0 Å². The summed E-state index contributed by atoms with van der Waals surface area (Å²) in [5.41, 5.74) is 3.48. The van der Waals surface area contributed by atoms with Gasteiger partial charge in [-0.25, -0.2) is 17.6 Å². The Hall–Kier alpha value is -4.15. The Kier molecular flexibility index (Phi) is 10.0. The number of aliphatic carboxylic acids is 1. The number of thioether (sulfide) groups is 1. The van der Waals surface area contributed by atoms with Gasteiger partial charge in [0.1, 0.15) is 11.9 Å². The van der Waals surface area contributed by atoms with Crippen LogP contribution in [-0.4, -0.2) is 43.5 Å². The van der Waals surface area contributed by atoms with Crippen LogP contribution in [0.3, 0.4) is 0 Å². The highest BCUT2D eigenvalue weighted by Crippen LogP contribution is 2.31. The fraction of sp³-hybridized carbons (Fsp3) is 0.188. The maximum Gasteiger partial charge on any atom is 0.326 e. The molecule has 218 valence electrons. The number of sulfonamides is 1. The van der Waals surface area contributed by atoms with Gasteiger partial charge in [-0.05, 0) is 96.1 Å². The number of hydrogen-bond acceptors (Lipinski definition) is 5. The zero-order valence-corrected chi connectivity index (χ0v) is 24.8. The Morgan fingerprint density at radius 1 is 0.929 bits per heavy atom. The standard InChI is InChI=1S/C32H31FN2O5S2/c1-22-8-6-7-11-27(22)29-20-23(12-17-28(29)31(36)34-30(32(37)38)18-19-41-2)21-35(25-9-4-3-5-10-25)42(39,40)26-15-13-24(33)14-16-26/h3-17,20,30H,18-19,21H2,1-2H3,(H,34,36)(H,37,38)/t30-/m1/s1. The van der Waals surface area contributed by atoms with E-state index in [1.165, 1.54) is 28.2 Å². The summed E-state index contributed by atoms with van der Waals surface area (Å²) in [5.74, 6) is -1.63. The van der Waals surface area contributed by atoms with Crippen LogP contribution in [0.5, 0.6) is 0 Å². The van der Waals surface area contributed by atoms with Crippen LogP contribution in [0.2, 0.25) is 0 Å². The van der Waals surface area contributed by atoms with Crippen LogP contribution in [0.1, 0.15) is 27.9 Å². The maximum atomic E-state index is 13.8. The number of carboxylic acids is 1. The molecule has 0 saturated heterocycles. The van der Waals surface area contributed by atoms with Gasteiger partial charge in [-0.1, -0.05) is 48.5 Å². The van der Waals surface area contributed by atoms with E-state index in [0.29, 0.717) is 22.6 Å². The van der Waals surface area contributed by atoms with Crippen molar-refractivity contribution in [2.45, 2.75) is 30.8 Å². The molecular weight excluding hydrogens is 575 g/mol. The predicted octanol–water partition coefficient (Wildman–Crippen LogP) is 6.13. The minimum absolute atomic E-state index is 0.0622. The van der Waals surface area contributed by atoms with Gasteiger partial charge >= 0.3 is 5.97 Å². The number of nitrogens with one attached hydrogen (secondary N) is 1. The number of anilines is 1. The average Bonchev–Trinajstić information content (AvgIpc) is 2.98. The molecule has 4 aromatic carbocycles. The second-order valence-corrected chi connectivity index (χ2v) is 12.5. The zero-order chi connectivity index (χ0) is 30.3. The van der Waals surface area contributed by atoms with E-state index in [2.05, 4.69) is 5.32 Å². The molecule has 0 aliphatic rings. The van der Waals surface area contributed by atoms with E-state index >= 15 is 0 Å². The number of carbonyl (C=O) groups is 2. The summed E-state index contributed by atoms with van der Waals surface area (Å²) in [4.78, 5) is 25.2. The van der Waals surface area contributed by atoms with Crippen LogP contribution in [-0.2, 0) is 21.4 Å². The normalized spacial score (nSPS) is 12.0. The first-order valence-electron chi connectivity index (χ1n) is 13.2. The van der Waals surface area contributed by atoms with E-state index < -0.39 is 33.8 Å². The van der Waals surface area contributed by atoms with E-state index in [1.807, 2.05) is 37.4 Å². The molecule has 4 rings (SSSR count). The van der Waals surface area contributed by atoms with Gasteiger partial charge in [-0.15, -0.1) is 0 Å². The van der Waals surface area contributed by atoms with E-state index in [0.717, 1.165) is 23.3 Å². The number of carboxylic acid groups (broad SMARTS) is 1. The molecule has 0 heterocycles. The number of nitrogens with zero attached hydrogens (tertiary/aromatic N) is 1. The van der Waals surface area contributed by atoms with E-state index in [4.69, 9.17) is 0 Å². The summed E-state index contributed by atoms with van der Waals surface area (Å²) >= 11 is 1.49. The number of amides is 1. The molecule has 0 spiro atoms. The largest absolute Gasteiger partial charge is 0.480 e. The summed E-state index contributed by atoms with van der Waals surface area (Å²) in [7, 11) is -4.10. The van der Waals surface area contributed by atoms with E-state index in [-0.39, 0.29) is 23.4 Å². The van der Waals surface area contributed by atoms with Crippen LogP contribution in [0.15, 0.2) is 102 Å². The van der Waals surface area contributed by atoms with Crippen molar-refractivity contribution in [2.75, 3.05) is 16.3 Å². The van der Waals surface area contributed by atoms with Crippen molar-refractivity contribution in [3.05, 3.63) is 120 Å². The van der Waals surface area contributed by atoms with E-state index in [9.17, 15) is 27.5 Å². The minimum Gasteiger partial charge on any atom is -0.480 e. The number of hydrogen-bond donors (Lipinski definition) is 2. The number of aryl methyl sites for hydroxylation is 1. The minimum atomic E-state index is -4.10. The second-order valence-electron chi connectivity index (χ2n) is 9.64. The topological polar surface area (TPSA) is 104 Å². The van der Waals surface area contributed by atoms with Crippen molar-refractivity contribution in [2.24, 2.45) is 0 Å². The van der Waals surface area contributed by atoms with Crippen molar-refractivity contribution in [1.29, 1.82) is 0 Å². The van der Waals surface area contributed by atoms with Crippen molar-refractivity contribution in [1.82, 2.24) is 5.32 Å². The Balaban J connectivity index is 1.78. The molecule has 0 aromatic heterocycles. The highest BCUT2D eigenvalue weighted by atomic mass is 32.2. The maximum absolute atomic E-state index is 13.8. The first-order chi connectivity index (χ1) is 20.1. The Morgan fingerprint density at radius 2 is 1.60 bits per heavy atom. The summed E-state index contributed by atoms with van der Waals surface area (Å²) in [5, 5.41) is 12.3. The number of halogens is 1. The van der Waals surface area contributed by atoms with Crippen LogP contribution in [0.4, 0.5) is 10.1 Å². The molecule has 42 heavy (non-hydrogen) atoms. The van der Waals surface area contributed by atoms with Crippen molar-refractivity contribution < 1.29 is 27.5 Å². The summed E-state index contributed by atoms with van der Waals surface area (Å²) in [6.45, 7) is 1.83. The molecule has 0 aliphatic carbocycles. The molecule has 7 nitrogen and oxygen atoms in total. The van der Waals surface area contributed by atoms with Gasteiger partial charge in [0.2, 0.25) is 0 Å². The predicted molar refractivity (Wildman–Crippen MR) is 165 cm³/mol. The lowest BCUT2D eigenvalue weighted by atomic mass is 9.93. The molecule has 0 saturated carbocycles. The Labute approximate surface area is 249 Å². The number of rotatable bonds is 12. The number of benzene rings is 4. The molecule has 10 heteroatoms. The van der Waals surface area contributed by atoms with Crippen LogP contribution >= 0.6 is 11.8 Å². The number of carbonyl (C=O) groups excluding carboxylic acids is 1. The van der Waals surface area contributed by atoms with E-state index in [1.54, 1.807) is 48.5 Å². The molecule has 0 aliphatic heterocycles. The van der Waals surface area contributed by atoms with Gasteiger partial charge in [0.25, 0.3) is 15.9 Å². The molecule has 2 N–H and O–H groups in total. The van der Waals surface area contributed by atoms with Gasteiger partial charge in [0.05, 0.1) is 17.1 Å². The zero-order valence-electron chi connectivity index (χ0n) is 23.2. The summed E-state index contributed by atoms with van der Waals surface area (Å²) in [6.07, 6.45) is 2.14. The molecule has 1 amide bonds. The lowest BCUT2D eigenvalue weighted by Crippen LogP contribution is -2.41. The van der Waals surface area contributed by atoms with Crippen LogP contribution in [0, 0.1) is 12.7 Å². The second kappa shape index (κ2) is 13.7. The first-order valence-corrected chi connectivity index (χ1v) is 16.0. The third-order valence-corrected chi connectivity index (χ3v) is 9.18. The van der Waals surface area contributed by atoms with Gasteiger partial charge < -0.3 is 10.4 Å². The molecule has 4 aromatic rings. The highest BCUT2D eigenvalue weighted by molar-refractivity contribution is 7.98. The summed E-state index contributed by atoms with van der Waals surface area (Å²) in [6, 6.07) is 24.6. The molecule has 0 unspecified atom stereocenters. The fourth-order valence-electron chi connectivity index (χ4n) is 4.52. The van der Waals surface area contributed by atoms with Crippen molar-refractivity contribution >= 4 is 39.3 Å². The molecule has 0 radical (unpaired) electrons. The summed E-state index contributed by atoms with van der Waals surface area (Å²) < 4.78 is 42.4. The first kappa shape index (κ1) is 30.8. The number of para-hydroxylation sites is 1. The molecule has 0 fully saturated rings. The quantitative estimate of drug-likeness (QED) is 0.201. The monoisotopic (exact) mass is 606 g/mol. The van der Waals surface area contributed by atoms with Crippen LogP contribution < -0.4 is 9.62 Å². The molecular formula is C32H31FN2O5S2. The smallest absolute Gasteiger partial charge is 0.326 e. The third-order valence-electron chi connectivity index (χ3n) is 6.75. The van der Waals surface area contributed by atoms with Gasteiger partial charge in [-0.2, -0.15) is 11.8 Å². The fourth-order valence-corrected chi connectivity index (χ4v) is 6.45. The van der Waals surface area contributed by atoms with Gasteiger partial charge in [0.15, 0.2) is 0 Å². The lowest BCUT2D eigenvalue weighted by Gasteiger charge is -2.25. The van der Waals surface area contributed by atoms with Crippen LogP contribution in [0.25, 0.3) is 11.1 Å². The third kappa shape index (κ3) is 7.18. The van der Waals surface area contributed by atoms with Crippen molar-refractivity contribution in [3.8, 4) is 11.1 Å². The van der Waals surface area contributed by atoms with Gasteiger partial charge in [-0.3, -0.25) is 9.10 Å². The molecule has 1 atom stereocenters. The molecule has 0 bridgehead atoms. The van der Waals surface area contributed by atoms with Gasteiger partial charge in [0, 0.05) is 5.56 Å². The Bertz CT molecular complexity index is 1660. The Morgan fingerprint density at radius 3 is 2.24 bits per heavy atom. The average molecular weight is 607 g/mol.